The Hall–Kier alpha value is -3.17. The molecular weight excluding hydrogens is 373 g/mol. The summed E-state index contributed by atoms with van der Waals surface area (Å²) in [6, 6.07) is 5.79. The van der Waals surface area contributed by atoms with Gasteiger partial charge in [-0.05, 0) is 12.1 Å². The van der Waals surface area contributed by atoms with Crippen molar-refractivity contribution in [2.24, 2.45) is 15.9 Å². The van der Waals surface area contributed by atoms with E-state index >= 15 is 0 Å². The van der Waals surface area contributed by atoms with Crippen LogP contribution in [0.1, 0.15) is 12.5 Å². The summed E-state index contributed by atoms with van der Waals surface area (Å²) in [5.74, 6) is 2.36. The zero-order valence-corrected chi connectivity index (χ0v) is 15.1. The number of aliphatic imine (C=N–C) groups is 1. The molecule has 7 nitrogen and oxygen atoms in total. The zero-order valence-electron chi connectivity index (χ0n) is 15.1. The van der Waals surface area contributed by atoms with Crippen LogP contribution >= 0.6 is 0 Å². The summed E-state index contributed by atoms with van der Waals surface area (Å²) in [6.07, 6.45) is 3.58. The van der Waals surface area contributed by atoms with Gasteiger partial charge >= 0.3 is 6.01 Å². The average Bonchev–Trinajstić information content (AvgIpc) is 2.66. The lowest BCUT2D eigenvalue weighted by Crippen LogP contribution is -2.48. The third-order valence-electron chi connectivity index (χ3n) is 4.05. The van der Waals surface area contributed by atoms with Crippen LogP contribution < -0.4 is 15.5 Å². The minimum Gasteiger partial charge on any atom is -0.457 e. The molecule has 0 radical (unpaired) electrons. The Bertz CT molecular complexity index is 860. The molecule has 3 rings (SSSR count). The highest BCUT2D eigenvalue weighted by atomic mass is 19.3. The highest BCUT2D eigenvalue weighted by Gasteiger charge is 2.26. The first-order valence-corrected chi connectivity index (χ1v) is 8.48. The molecule has 2 heterocycles. The molecule has 0 unspecified atom stereocenters. The number of rotatable bonds is 7. The maximum atomic E-state index is 13.4. The molecule has 1 fully saturated rings. The van der Waals surface area contributed by atoms with E-state index in [-0.39, 0.29) is 23.9 Å². The minimum atomic E-state index is -2.95. The molecule has 2 aromatic rings. The largest absolute Gasteiger partial charge is 0.457 e. The van der Waals surface area contributed by atoms with Crippen molar-refractivity contribution in [3.05, 3.63) is 42.2 Å². The topological polar surface area (TPSA) is 89.0 Å². The van der Waals surface area contributed by atoms with Crippen LogP contribution in [0.15, 0.2) is 46.8 Å². The second-order valence-electron chi connectivity index (χ2n) is 6.33. The molecule has 0 saturated carbocycles. The standard InChI is InChI=1S/C18H19F3N6O/c1-18(20,21)12-3-2-4-14(5-12)23-6-15(26-22)11-28-17-24-7-16(8-25-17)27-9-13(19)10-27/h2-8,13H,9-11,22H2,1H3. The Balaban J connectivity index is 1.57. The van der Waals surface area contributed by atoms with Gasteiger partial charge in [0, 0.05) is 12.5 Å². The molecule has 1 aliphatic rings. The lowest BCUT2D eigenvalue weighted by Gasteiger charge is -2.35. The summed E-state index contributed by atoms with van der Waals surface area (Å²) in [6.45, 7) is 1.42. The quantitative estimate of drug-likeness (QED) is 0.445. The van der Waals surface area contributed by atoms with E-state index in [1.54, 1.807) is 6.07 Å². The van der Waals surface area contributed by atoms with Crippen LogP contribution in [0.4, 0.5) is 24.5 Å². The normalized spacial score (nSPS) is 15.7. The molecule has 1 aliphatic heterocycles. The first-order valence-electron chi connectivity index (χ1n) is 8.48. The van der Waals surface area contributed by atoms with Gasteiger partial charge in [0.2, 0.25) is 0 Å². The molecule has 0 atom stereocenters. The summed E-state index contributed by atoms with van der Waals surface area (Å²) < 4.78 is 45.0. The second kappa shape index (κ2) is 8.24. The van der Waals surface area contributed by atoms with E-state index in [0.29, 0.717) is 24.5 Å². The van der Waals surface area contributed by atoms with Crippen LogP contribution in [0.25, 0.3) is 0 Å². The van der Waals surface area contributed by atoms with Crippen LogP contribution in [0.2, 0.25) is 0 Å². The number of benzene rings is 1. The highest BCUT2D eigenvalue weighted by molar-refractivity contribution is 6.31. The van der Waals surface area contributed by atoms with Crippen molar-refractivity contribution >= 4 is 23.3 Å². The van der Waals surface area contributed by atoms with E-state index in [2.05, 4.69) is 20.1 Å². The van der Waals surface area contributed by atoms with Crippen LogP contribution in [-0.4, -0.2) is 47.8 Å². The predicted octanol–water partition coefficient (Wildman–Crippen LogP) is 2.84. The zero-order chi connectivity index (χ0) is 20.1. The van der Waals surface area contributed by atoms with Gasteiger partial charge in [-0.2, -0.15) is 5.10 Å². The molecule has 2 N–H and O–H groups in total. The molecule has 1 aromatic heterocycles. The van der Waals surface area contributed by atoms with Crippen LogP contribution in [0.5, 0.6) is 6.01 Å². The van der Waals surface area contributed by atoms with Crippen molar-refractivity contribution in [2.45, 2.75) is 19.0 Å². The summed E-state index contributed by atoms with van der Waals surface area (Å²) >= 11 is 0. The van der Waals surface area contributed by atoms with Gasteiger partial charge in [0.05, 0.1) is 43.1 Å². The molecule has 28 heavy (non-hydrogen) atoms. The molecule has 0 bridgehead atoms. The molecule has 10 heteroatoms. The lowest BCUT2D eigenvalue weighted by molar-refractivity contribution is 0.0175. The van der Waals surface area contributed by atoms with Gasteiger partial charge in [-0.25, -0.2) is 23.1 Å². The van der Waals surface area contributed by atoms with E-state index in [0.717, 1.165) is 6.92 Å². The Morgan fingerprint density at radius 2 is 2.07 bits per heavy atom. The third kappa shape index (κ3) is 4.96. The number of ether oxygens (including phenoxy) is 1. The molecule has 0 aliphatic carbocycles. The number of hydrazone groups is 1. The number of anilines is 1. The number of halogens is 3. The van der Waals surface area contributed by atoms with Crippen molar-refractivity contribution in [1.29, 1.82) is 0 Å². The van der Waals surface area contributed by atoms with Gasteiger partial charge in [0.15, 0.2) is 0 Å². The predicted molar refractivity (Wildman–Crippen MR) is 100 cm³/mol. The van der Waals surface area contributed by atoms with Crippen molar-refractivity contribution < 1.29 is 17.9 Å². The van der Waals surface area contributed by atoms with Crippen molar-refractivity contribution in [3.63, 3.8) is 0 Å². The number of nitrogens with zero attached hydrogens (tertiary/aromatic N) is 5. The number of nitrogens with two attached hydrogens (primary N) is 1. The summed E-state index contributed by atoms with van der Waals surface area (Å²) in [5, 5.41) is 3.55. The van der Waals surface area contributed by atoms with Gasteiger partial charge in [0.1, 0.15) is 18.5 Å². The van der Waals surface area contributed by atoms with Gasteiger partial charge in [-0.1, -0.05) is 12.1 Å². The fourth-order valence-corrected chi connectivity index (χ4v) is 2.44. The summed E-state index contributed by atoms with van der Waals surface area (Å²) in [7, 11) is 0. The highest BCUT2D eigenvalue weighted by Crippen LogP contribution is 2.29. The van der Waals surface area contributed by atoms with Crippen molar-refractivity contribution in [1.82, 2.24) is 9.97 Å². The molecule has 1 aromatic carbocycles. The van der Waals surface area contributed by atoms with Crippen LogP contribution in [-0.2, 0) is 5.92 Å². The van der Waals surface area contributed by atoms with Gasteiger partial charge in [-0.15, -0.1) is 0 Å². The Kier molecular flexibility index (Phi) is 5.76. The van der Waals surface area contributed by atoms with E-state index in [9.17, 15) is 13.2 Å². The average molecular weight is 392 g/mol. The second-order valence-corrected chi connectivity index (χ2v) is 6.33. The fourth-order valence-electron chi connectivity index (χ4n) is 2.44. The maximum Gasteiger partial charge on any atom is 0.316 e. The summed E-state index contributed by atoms with van der Waals surface area (Å²) in [5.41, 5.74) is 1.17. The minimum absolute atomic E-state index is 0.0563. The van der Waals surface area contributed by atoms with Crippen molar-refractivity contribution in [3.8, 4) is 6.01 Å². The molecule has 0 spiro atoms. The molecule has 0 amide bonds. The van der Waals surface area contributed by atoms with E-state index < -0.39 is 12.1 Å². The molecule has 148 valence electrons. The Labute approximate surface area is 159 Å². The monoisotopic (exact) mass is 392 g/mol. The number of aromatic nitrogens is 2. The maximum absolute atomic E-state index is 13.4. The van der Waals surface area contributed by atoms with E-state index in [1.165, 1.54) is 36.8 Å². The molecular formula is C18H19F3N6O. The van der Waals surface area contributed by atoms with E-state index in [1.807, 2.05) is 4.90 Å². The van der Waals surface area contributed by atoms with Crippen LogP contribution in [0, 0.1) is 0 Å². The fraction of sp³-hybridized carbons (Fsp3) is 0.333. The summed E-state index contributed by atoms with van der Waals surface area (Å²) in [4.78, 5) is 14.0. The van der Waals surface area contributed by atoms with Gasteiger partial charge in [-0.3, -0.25) is 4.99 Å². The first kappa shape index (κ1) is 19.6. The number of alkyl halides is 3. The van der Waals surface area contributed by atoms with Gasteiger partial charge < -0.3 is 15.5 Å². The first-order chi connectivity index (χ1) is 13.3. The van der Waals surface area contributed by atoms with E-state index in [4.69, 9.17) is 10.6 Å². The lowest BCUT2D eigenvalue weighted by atomic mass is 10.1. The molecule has 1 saturated heterocycles. The van der Waals surface area contributed by atoms with Crippen LogP contribution in [0.3, 0.4) is 0 Å². The SMILES string of the molecule is CC(F)(F)c1cccc(N=CC(COc2ncc(N3CC(F)C3)cn2)=NN)c1. The van der Waals surface area contributed by atoms with Gasteiger partial charge in [0.25, 0.3) is 5.92 Å². The number of hydrogen-bond donors (Lipinski definition) is 1. The third-order valence-corrected chi connectivity index (χ3v) is 4.05. The smallest absolute Gasteiger partial charge is 0.316 e. The van der Waals surface area contributed by atoms with Crippen molar-refractivity contribution in [2.75, 3.05) is 24.6 Å². The Morgan fingerprint density at radius 1 is 1.36 bits per heavy atom. The number of hydrogen-bond acceptors (Lipinski definition) is 7. The Morgan fingerprint density at radius 3 is 2.68 bits per heavy atom.